The molecule has 0 amide bonds. The molecule has 0 aromatic heterocycles. The minimum Gasteiger partial charge on any atom is -0.393 e. The molecule has 2 N–H and O–H groups in total. The van der Waals surface area contributed by atoms with E-state index >= 15 is 0 Å². The quantitative estimate of drug-likeness (QED) is 0.740. The van der Waals surface area contributed by atoms with E-state index in [4.69, 9.17) is 0 Å². The molecule has 0 aliphatic rings. The Hall–Kier alpha value is -0.510. The van der Waals surface area contributed by atoms with E-state index in [1.807, 2.05) is 18.7 Å². The maximum atomic E-state index is 9.21. The first kappa shape index (κ1) is 15.5. The molecule has 2 unspecified atom stereocenters. The highest BCUT2D eigenvalue weighted by Crippen LogP contribution is 2.24. The van der Waals surface area contributed by atoms with Gasteiger partial charge in [0.25, 0.3) is 0 Å². The van der Waals surface area contributed by atoms with Crippen molar-refractivity contribution in [3.8, 4) is 0 Å². The highest BCUT2D eigenvalue weighted by atomic mass is 32.2. The summed E-state index contributed by atoms with van der Waals surface area (Å²) >= 11 is 1.89. The molecule has 0 saturated carbocycles. The average molecular weight is 267 g/mol. The molecular weight excluding hydrogens is 242 g/mol. The first-order valence-electron chi connectivity index (χ1n) is 6.67. The highest BCUT2D eigenvalue weighted by Gasteiger charge is 2.06. The second-order valence-electron chi connectivity index (χ2n) is 5.05. The smallest absolute Gasteiger partial charge is 0.0524 e. The van der Waals surface area contributed by atoms with Gasteiger partial charge in [0.15, 0.2) is 0 Å². The molecule has 1 rings (SSSR count). The largest absolute Gasteiger partial charge is 0.393 e. The Morgan fingerprint density at radius 1 is 1.11 bits per heavy atom. The normalized spacial score (nSPS) is 14.8. The Morgan fingerprint density at radius 2 is 1.72 bits per heavy atom. The first-order chi connectivity index (χ1) is 8.49. The third-order valence-electron chi connectivity index (χ3n) is 2.76. The minimum absolute atomic E-state index is 0.227. The molecule has 0 aliphatic carbocycles. The van der Waals surface area contributed by atoms with Gasteiger partial charge in [-0.3, -0.25) is 0 Å². The molecule has 1 aromatic carbocycles. The summed E-state index contributed by atoms with van der Waals surface area (Å²) in [5, 5.41) is 13.3. The van der Waals surface area contributed by atoms with Crippen LogP contribution in [0.4, 0.5) is 0 Å². The Bertz CT molecular complexity index is 335. The van der Waals surface area contributed by atoms with Crippen LogP contribution in [0.3, 0.4) is 0 Å². The van der Waals surface area contributed by atoms with Gasteiger partial charge in [-0.15, -0.1) is 11.8 Å². The summed E-state index contributed by atoms with van der Waals surface area (Å²) in [4.78, 5) is 1.32. The second kappa shape index (κ2) is 7.82. The number of aliphatic hydroxyl groups is 1. The molecule has 0 aliphatic heterocycles. The summed E-state index contributed by atoms with van der Waals surface area (Å²) in [6, 6.07) is 9.08. The summed E-state index contributed by atoms with van der Waals surface area (Å²) in [7, 11) is 0. The fourth-order valence-corrected chi connectivity index (χ4v) is 2.57. The number of thioether (sulfide) groups is 1. The van der Waals surface area contributed by atoms with Crippen LogP contribution in [0.25, 0.3) is 0 Å². The van der Waals surface area contributed by atoms with Crippen LogP contribution in [0.5, 0.6) is 0 Å². The summed E-state index contributed by atoms with van der Waals surface area (Å²) in [6.07, 6.45) is 0.570. The van der Waals surface area contributed by atoms with Crippen molar-refractivity contribution in [3.05, 3.63) is 29.8 Å². The van der Waals surface area contributed by atoms with Crippen LogP contribution >= 0.6 is 11.8 Å². The van der Waals surface area contributed by atoms with Gasteiger partial charge in [0.05, 0.1) is 6.10 Å². The second-order valence-corrected chi connectivity index (χ2v) is 6.70. The number of aliphatic hydroxyl groups excluding tert-OH is 1. The third kappa shape index (κ3) is 5.89. The van der Waals surface area contributed by atoms with Crippen molar-refractivity contribution in [2.75, 3.05) is 6.54 Å². The molecule has 1 aromatic rings. The zero-order chi connectivity index (χ0) is 13.5. The summed E-state index contributed by atoms with van der Waals surface area (Å²) in [5.74, 6) is 0. The molecule has 18 heavy (non-hydrogen) atoms. The SMILES string of the molecule is CC(O)CCNC(C)c1ccc(SC(C)C)cc1. The van der Waals surface area contributed by atoms with Crippen LogP contribution in [-0.4, -0.2) is 23.0 Å². The van der Waals surface area contributed by atoms with Crippen molar-refractivity contribution >= 4 is 11.8 Å². The van der Waals surface area contributed by atoms with Crippen LogP contribution in [0, 0.1) is 0 Å². The number of hydrogen-bond acceptors (Lipinski definition) is 3. The topological polar surface area (TPSA) is 32.3 Å². The van der Waals surface area contributed by atoms with E-state index < -0.39 is 0 Å². The molecule has 0 saturated heterocycles. The summed E-state index contributed by atoms with van der Waals surface area (Å²) in [5.41, 5.74) is 1.30. The Balaban J connectivity index is 2.46. The molecule has 2 nitrogen and oxygen atoms in total. The van der Waals surface area contributed by atoms with Gasteiger partial charge >= 0.3 is 0 Å². The van der Waals surface area contributed by atoms with Gasteiger partial charge in [0.1, 0.15) is 0 Å². The van der Waals surface area contributed by atoms with E-state index in [-0.39, 0.29) is 6.10 Å². The van der Waals surface area contributed by atoms with E-state index in [1.54, 1.807) is 0 Å². The zero-order valence-electron chi connectivity index (χ0n) is 11.8. The Morgan fingerprint density at radius 3 is 2.22 bits per heavy atom. The first-order valence-corrected chi connectivity index (χ1v) is 7.55. The lowest BCUT2D eigenvalue weighted by Gasteiger charge is -2.15. The molecule has 0 heterocycles. The van der Waals surface area contributed by atoms with Gasteiger partial charge < -0.3 is 10.4 Å². The lowest BCUT2D eigenvalue weighted by molar-refractivity contribution is 0.182. The summed E-state index contributed by atoms with van der Waals surface area (Å²) < 4.78 is 0. The fourth-order valence-electron chi connectivity index (χ4n) is 1.73. The Labute approximate surface area is 115 Å². The number of hydrogen-bond donors (Lipinski definition) is 2. The van der Waals surface area contributed by atoms with E-state index in [2.05, 4.69) is 50.4 Å². The van der Waals surface area contributed by atoms with Crippen molar-refractivity contribution in [1.29, 1.82) is 0 Å². The highest BCUT2D eigenvalue weighted by molar-refractivity contribution is 7.99. The summed E-state index contributed by atoms with van der Waals surface area (Å²) in [6.45, 7) is 9.25. The standard InChI is InChI=1S/C15H25NOS/c1-11(2)18-15-7-5-14(6-8-15)13(4)16-10-9-12(3)17/h5-8,11-13,16-17H,9-10H2,1-4H3. The van der Waals surface area contributed by atoms with E-state index in [1.165, 1.54) is 10.5 Å². The van der Waals surface area contributed by atoms with Crippen molar-refractivity contribution in [1.82, 2.24) is 5.32 Å². The van der Waals surface area contributed by atoms with Crippen LogP contribution in [-0.2, 0) is 0 Å². The molecule has 102 valence electrons. The molecule has 0 radical (unpaired) electrons. The van der Waals surface area contributed by atoms with Crippen LogP contribution in [0.15, 0.2) is 29.2 Å². The average Bonchev–Trinajstić information content (AvgIpc) is 2.28. The fraction of sp³-hybridized carbons (Fsp3) is 0.600. The zero-order valence-corrected chi connectivity index (χ0v) is 12.6. The number of nitrogens with one attached hydrogen (secondary N) is 1. The van der Waals surface area contributed by atoms with E-state index in [0.29, 0.717) is 11.3 Å². The molecule has 3 heteroatoms. The molecule has 0 spiro atoms. The molecule has 0 bridgehead atoms. The Kier molecular flexibility index (Phi) is 6.76. The van der Waals surface area contributed by atoms with Gasteiger partial charge in [0, 0.05) is 16.2 Å². The van der Waals surface area contributed by atoms with Crippen molar-refractivity contribution < 1.29 is 5.11 Å². The van der Waals surface area contributed by atoms with Gasteiger partial charge in [-0.1, -0.05) is 26.0 Å². The minimum atomic E-state index is -0.227. The monoisotopic (exact) mass is 267 g/mol. The van der Waals surface area contributed by atoms with E-state index in [9.17, 15) is 5.11 Å². The van der Waals surface area contributed by atoms with Crippen LogP contribution < -0.4 is 5.32 Å². The van der Waals surface area contributed by atoms with Crippen LogP contribution in [0.1, 0.15) is 45.7 Å². The third-order valence-corrected chi connectivity index (χ3v) is 3.78. The maximum Gasteiger partial charge on any atom is 0.0524 e. The molecule has 2 atom stereocenters. The van der Waals surface area contributed by atoms with Gasteiger partial charge in [-0.05, 0) is 44.5 Å². The predicted molar refractivity (Wildman–Crippen MR) is 80.2 cm³/mol. The van der Waals surface area contributed by atoms with Gasteiger partial charge in [-0.25, -0.2) is 0 Å². The van der Waals surface area contributed by atoms with Crippen molar-refractivity contribution in [2.45, 2.75) is 56.4 Å². The van der Waals surface area contributed by atoms with Gasteiger partial charge in [0.2, 0.25) is 0 Å². The van der Waals surface area contributed by atoms with Crippen molar-refractivity contribution in [3.63, 3.8) is 0 Å². The van der Waals surface area contributed by atoms with Gasteiger partial charge in [-0.2, -0.15) is 0 Å². The van der Waals surface area contributed by atoms with E-state index in [0.717, 1.165) is 13.0 Å². The number of rotatable bonds is 7. The molecule has 0 fully saturated rings. The van der Waals surface area contributed by atoms with Crippen LogP contribution in [0.2, 0.25) is 0 Å². The number of benzene rings is 1. The lowest BCUT2D eigenvalue weighted by atomic mass is 10.1. The molecular formula is C15H25NOS. The maximum absolute atomic E-state index is 9.21. The predicted octanol–water partition coefficient (Wildman–Crippen LogP) is 3.61. The lowest BCUT2D eigenvalue weighted by Crippen LogP contribution is -2.22. The van der Waals surface area contributed by atoms with Crippen molar-refractivity contribution in [2.24, 2.45) is 0 Å².